The van der Waals surface area contributed by atoms with E-state index in [0.717, 1.165) is 0 Å². The van der Waals surface area contributed by atoms with Crippen LogP contribution in [0.15, 0.2) is 6.26 Å². The summed E-state index contributed by atoms with van der Waals surface area (Å²) in [5.41, 5.74) is 0. The van der Waals surface area contributed by atoms with E-state index in [-0.39, 0.29) is 18.3 Å². The van der Waals surface area contributed by atoms with E-state index in [0.29, 0.717) is 19.8 Å². The summed E-state index contributed by atoms with van der Waals surface area (Å²) in [7, 11) is 1.66. The van der Waals surface area contributed by atoms with Gasteiger partial charge in [0.25, 0.3) is 0 Å². The van der Waals surface area contributed by atoms with Crippen LogP contribution in [-0.2, 0) is 18.9 Å². The first-order valence-corrected chi connectivity index (χ1v) is 5.96. The lowest BCUT2D eigenvalue weighted by molar-refractivity contribution is -0.0672. The van der Waals surface area contributed by atoms with Crippen LogP contribution in [0.2, 0.25) is 0 Å². The van der Waals surface area contributed by atoms with Gasteiger partial charge in [0, 0.05) is 7.11 Å². The number of methoxy groups -OCH3 is 1. The maximum atomic E-state index is 5.59. The average Bonchev–Trinajstić information content (AvgIpc) is 2.31. The molecule has 0 saturated carbocycles. The highest BCUT2D eigenvalue weighted by Crippen LogP contribution is 2.00. The molecule has 0 N–H and O–H groups in total. The highest BCUT2D eigenvalue weighted by atomic mass is 16.6. The Balaban J connectivity index is 3.54. The molecule has 0 fully saturated rings. The summed E-state index contributed by atoms with van der Waals surface area (Å²) in [5, 5.41) is 0. The molecule has 0 aromatic rings. The number of rotatable bonds is 10. The fourth-order valence-electron chi connectivity index (χ4n) is 1.15. The van der Waals surface area contributed by atoms with Gasteiger partial charge in [-0.05, 0) is 33.8 Å². The molecule has 0 aliphatic carbocycles. The third-order valence-corrected chi connectivity index (χ3v) is 2.05. The smallest absolute Gasteiger partial charge is 0.118 e. The molecule has 0 bridgehead atoms. The van der Waals surface area contributed by atoms with Crippen LogP contribution in [0.4, 0.5) is 0 Å². The van der Waals surface area contributed by atoms with Gasteiger partial charge in [0.2, 0.25) is 0 Å². The third kappa shape index (κ3) is 10.3. The molecular weight excluding hydrogens is 220 g/mol. The molecule has 0 aromatic heterocycles. The summed E-state index contributed by atoms with van der Waals surface area (Å²) in [6, 6.07) is 0. The third-order valence-electron chi connectivity index (χ3n) is 2.05. The highest BCUT2D eigenvalue weighted by Gasteiger charge is 2.09. The Morgan fingerprint density at radius 2 is 1.47 bits per heavy atom. The maximum absolute atomic E-state index is 5.59. The van der Waals surface area contributed by atoms with E-state index < -0.39 is 0 Å². The van der Waals surface area contributed by atoms with Gasteiger partial charge in [0.05, 0.1) is 38.3 Å². The summed E-state index contributed by atoms with van der Waals surface area (Å²) in [6.45, 7) is 9.41. The zero-order valence-electron chi connectivity index (χ0n) is 11.6. The summed E-state index contributed by atoms with van der Waals surface area (Å²) < 4.78 is 21.4. The molecule has 101 valence electrons. The molecule has 0 aromatic carbocycles. The van der Waals surface area contributed by atoms with Crippen LogP contribution in [-0.4, -0.2) is 45.2 Å². The Morgan fingerprint density at radius 1 is 0.941 bits per heavy atom. The lowest BCUT2D eigenvalue weighted by Crippen LogP contribution is -2.25. The molecular formula is C13H25O4. The van der Waals surface area contributed by atoms with E-state index >= 15 is 0 Å². The summed E-state index contributed by atoms with van der Waals surface area (Å²) in [5.74, 6) is 0. The molecule has 0 heterocycles. The number of ether oxygens (including phenoxy) is 4. The second-order valence-electron chi connectivity index (χ2n) is 4.10. The van der Waals surface area contributed by atoms with Crippen LogP contribution < -0.4 is 0 Å². The Hall–Kier alpha value is -0.580. The van der Waals surface area contributed by atoms with Crippen LogP contribution in [0.1, 0.15) is 27.7 Å². The van der Waals surface area contributed by atoms with E-state index in [9.17, 15) is 0 Å². The largest absolute Gasteiger partial charge is 0.496 e. The topological polar surface area (TPSA) is 36.9 Å². The Labute approximate surface area is 105 Å². The van der Waals surface area contributed by atoms with Crippen LogP contribution in [0, 0.1) is 6.08 Å². The van der Waals surface area contributed by atoms with E-state index in [1.807, 2.05) is 20.8 Å². The molecule has 0 amide bonds. The predicted octanol–water partition coefficient (Wildman–Crippen LogP) is 2.18. The Kier molecular flexibility index (Phi) is 10.2. The van der Waals surface area contributed by atoms with Gasteiger partial charge in [-0.1, -0.05) is 0 Å². The molecule has 0 aliphatic heterocycles. The standard InChI is InChI=1S/C13H25O4/c1-6-7-15-12(3)9-17-13(4)10-16-11(2)8-14-5/h7,11-13H,8-10H2,1-5H3. The van der Waals surface area contributed by atoms with Gasteiger partial charge in [0.1, 0.15) is 6.10 Å². The SMILES string of the molecule is C[C]=COC(C)COC(C)COC(C)COC. The van der Waals surface area contributed by atoms with E-state index in [1.54, 1.807) is 20.3 Å². The second-order valence-corrected chi connectivity index (χ2v) is 4.10. The van der Waals surface area contributed by atoms with Crippen LogP contribution in [0.25, 0.3) is 0 Å². The summed E-state index contributed by atoms with van der Waals surface area (Å²) in [4.78, 5) is 0. The van der Waals surface area contributed by atoms with Crippen molar-refractivity contribution in [1.29, 1.82) is 0 Å². The average molecular weight is 245 g/mol. The second kappa shape index (κ2) is 10.6. The summed E-state index contributed by atoms with van der Waals surface area (Å²) in [6.07, 6.45) is 4.53. The van der Waals surface area contributed by atoms with Crippen molar-refractivity contribution in [1.82, 2.24) is 0 Å². The highest BCUT2D eigenvalue weighted by molar-refractivity contribution is 4.60. The first-order valence-electron chi connectivity index (χ1n) is 5.96. The molecule has 4 heteroatoms. The van der Waals surface area contributed by atoms with Crippen LogP contribution in [0.3, 0.4) is 0 Å². The zero-order chi connectivity index (χ0) is 13.1. The minimum atomic E-state index is 0.0290. The van der Waals surface area contributed by atoms with Gasteiger partial charge in [-0.25, -0.2) is 0 Å². The molecule has 17 heavy (non-hydrogen) atoms. The lowest BCUT2D eigenvalue weighted by Gasteiger charge is -2.19. The minimum absolute atomic E-state index is 0.0290. The van der Waals surface area contributed by atoms with Crippen molar-refractivity contribution in [2.45, 2.75) is 46.0 Å². The van der Waals surface area contributed by atoms with Gasteiger partial charge < -0.3 is 18.9 Å². The van der Waals surface area contributed by atoms with Gasteiger partial charge in [0.15, 0.2) is 0 Å². The molecule has 4 nitrogen and oxygen atoms in total. The van der Waals surface area contributed by atoms with Crippen LogP contribution >= 0.6 is 0 Å². The predicted molar refractivity (Wildman–Crippen MR) is 66.7 cm³/mol. The van der Waals surface area contributed by atoms with Gasteiger partial charge in [-0.15, -0.1) is 0 Å². The van der Waals surface area contributed by atoms with E-state index in [2.05, 4.69) is 6.08 Å². The summed E-state index contributed by atoms with van der Waals surface area (Å²) >= 11 is 0. The number of allylic oxidation sites excluding steroid dienone is 1. The van der Waals surface area contributed by atoms with Gasteiger partial charge >= 0.3 is 0 Å². The minimum Gasteiger partial charge on any atom is -0.496 e. The first kappa shape index (κ1) is 16.4. The van der Waals surface area contributed by atoms with Crippen molar-refractivity contribution < 1.29 is 18.9 Å². The zero-order valence-corrected chi connectivity index (χ0v) is 11.6. The van der Waals surface area contributed by atoms with Crippen molar-refractivity contribution >= 4 is 0 Å². The fraction of sp³-hybridized carbons (Fsp3) is 0.846. The van der Waals surface area contributed by atoms with Crippen molar-refractivity contribution in [2.75, 3.05) is 26.9 Å². The quantitative estimate of drug-likeness (QED) is 0.553. The van der Waals surface area contributed by atoms with Gasteiger partial charge in [-0.2, -0.15) is 0 Å². The monoisotopic (exact) mass is 245 g/mol. The van der Waals surface area contributed by atoms with Crippen molar-refractivity contribution in [3.63, 3.8) is 0 Å². The van der Waals surface area contributed by atoms with Crippen molar-refractivity contribution in [3.05, 3.63) is 12.3 Å². The molecule has 0 spiro atoms. The van der Waals surface area contributed by atoms with Crippen molar-refractivity contribution in [2.24, 2.45) is 0 Å². The molecule has 1 radical (unpaired) electrons. The maximum Gasteiger partial charge on any atom is 0.118 e. The fourth-order valence-corrected chi connectivity index (χ4v) is 1.15. The molecule has 0 rings (SSSR count). The normalized spacial score (nSPS) is 17.0. The Morgan fingerprint density at radius 3 is 2.00 bits per heavy atom. The van der Waals surface area contributed by atoms with Crippen LogP contribution in [0.5, 0.6) is 0 Å². The number of hydrogen-bond acceptors (Lipinski definition) is 4. The number of hydrogen-bond donors (Lipinski definition) is 0. The lowest BCUT2D eigenvalue weighted by atomic mass is 10.4. The molecule has 0 aliphatic rings. The van der Waals surface area contributed by atoms with E-state index in [1.165, 1.54) is 0 Å². The van der Waals surface area contributed by atoms with E-state index in [4.69, 9.17) is 18.9 Å². The molecule has 3 atom stereocenters. The first-order chi connectivity index (χ1) is 8.10. The Bertz CT molecular complexity index is 194. The van der Waals surface area contributed by atoms with Crippen molar-refractivity contribution in [3.8, 4) is 0 Å². The van der Waals surface area contributed by atoms with Gasteiger partial charge in [-0.3, -0.25) is 0 Å². The molecule has 0 saturated heterocycles. The molecule has 3 unspecified atom stereocenters.